The van der Waals surface area contributed by atoms with E-state index in [9.17, 15) is 0 Å². The van der Waals surface area contributed by atoms with Gasteiger partial charge in [-0.15, -0.1) is 0 Å². The van der Waals surface area contributed by atoms with Crippen molar-refractivity contribution < 1.29 is 9.57 Å². The summed E-state index contributed by atoms with van der Waals surface area (Å²) in [4.78, 5) is 5.07. The number of allylic oxidation sites excluding steroid dienone is 4. The summed E-state index contributed by atoms with van der Waals surface area (Å²) in [5.41, 5.74) is 5.79. The molecule has 4 nitrogen and oxygen atoms in total. The van der Waals surface area contributed by atoms with E-state index in [1.807, 2.05) is 19.2 Å². The van der Waals surface area contributed by atoms with Gasteiger partial charge in [-0.05, 0) is 48.7 Å². The van der Waals surface area contributed by atoms with Gasteiger partial charge >= 0.3 is 0 Å². The molecule has 0 spiro atoms. The summed E-state index contributed by atoms with van der Waals surface area (Å²) in [5, 5.41) is 7.32. The highest BCUT2D eigenvalue weighted by atomic mass is 16.6. The lowest BCUT2D eigenvalue weighted by molar-refractivity contribution is 0.214. The van der Waals surface area contributed by atoms with Gasteiger partial charge in [0.1, 0.15) is 25.2 Å². The minimum Gasteiger partial charge on any atom is -0.490 e. The second kappa shape index (κ2) is 7.29. The summed E-state index contributed by atoms with van der Waals surface area (Å²) in [6, 6.07) is 6.20. The van der Waals surface area contributed by atoms with Gasteiger partial charge in [0.25, 0.3) is 0 Å². The summed E-state index contributed by atoms with van der Waals surface area (Å²) >= 11 is 0. The summed E-state index contributed by atoms with van der Waals surface area (Å²) in [6.45, 7) is 1.41. The number of likely N-dealkylation sites (N-methyl/N-ethyl adjacent to an activating group) is 1. The van der Waals surface area contributed by atoms with E-state index in [2.05, 4.69) is 40.8 Å². The van der Waals surface area contributed by atoms with Crippen LogP contribution in [0.2, 0.25) is 0 Å². The lowest BCUT2D eigenvalue weighted by Crippen LogP contribution is -2.05. The highest BCUT2D eigenvalue weighted by molar-refractivity contribution is 6.24. The standard InChI is InChI=1S/C19H22N2O2/c1-20-11-5-6-12-23-14-9-10-16-15-7-3-4-8-17(15)19(21-22-2)18(16)13-14/h3,5-7,9-10,13,20H,4,8,11-12H2,1-2H3/b6-5-,21-19-. The van der Waals surface area contributed by atoms with Gasteiger partial charge in [0.2, 0.25) is 0 Å². The monoisotopic (exact) mass is 310 g/mol. The van der Waals surface area contributed by atoms with Gasteiger partial charge in [-0.1, -0.05) is 35.5 Å². The predicted octanol–water partition coefficient (Wildman–Crippen LogP) is 3.31. The van der Waals surface area contributed by atoms with Crippen molar-refractivity contribution in [1.29, 1.82) is 0 Å². The van der Waals surface area contributed by atoms with E-state index in [0.29, 0.717) is 6.61 Å². The quantitative estimate of drug-likeness (QED) is 0.647. The third-order valence-electron chi connectivity index (χ3n) is 4.01. The number of benzene rings is 1. The summed E-state index contributed by atoms with van der Waals surface area (Å²) in [5.74, 6) is 0.852. The van der Waals surface area contributed by atoms with Crippen LogP contribution in [-0.2, 0) is 4.84 Å². The number of ether oxygens (including phenoxy) is 1. The Hall–Kier alpha value is -2.33. The topological polar surface area (TPSA) is 42.8 Å². The molecule has 1 N–H and O–H groups in total. The molecule has 2 aliphatic rings. The van der Waals surface area contributed by atoms with Crippen LogP contribution in [-0.4, -0.2) is 33.0 Å². The number of oxime groups is 1. The van der Waals surface area contributed by atoms with E-state index in [4.69, 9.17) is 9.57 Å². The molecule has 0 atom stereocenters. The van der Waals surface area contributed by atoms with Crippen LogP contribution in [0, 0.1) is 0 Å². The molecular formula is C19H22N2O2. The molecule has 3 rings (SSSR count). The first-order valence-electron chi connectivity index (χ1n) is 7.93. The van der Waals surface area contributed by atoms with Crippen LogP contribution in [0.15, 0.2) is 53.2 Å². The second-order valence-corrected chi connectivity index (χ2v) is 5.50. The molecule has 0 aromatic heterocycles. The Morgan fingerprint density at radius 3 is 3.00 bits per heavy atom. The zero-order valence-electron chi connectivity index (χ0n) is 13.6. The lowest BCUT2D eigenvalue weighted by Gasteiger charge is -2.08. The average molecular weight is 310 g/mol. The summed E-state index contributed by atoms with van der Waals surface area (Å²) in [6.07, 6.45) is 10.5. The normalized spacial score (nSPS) is 17.7. The molecule has 1 aromatic carbocycles. The highest BCUT2D eigenvalue weighted by Gasteiger charge is 2.28. The van der Waals surface area contributed by atoms with E-state index >= 15 is 0 Å². The summed E-state index contributed by atoms with van der Waals surface area (Å²) < 4.78 is 5.81. The van der Waals surface area contributed by atoms with Crippen molar-refractivity contribution in [3.63, 3.8) is 0 Å². The van der Waals surface area contributed by atoms with Gasteiger partial charge in [-0.25, -0.2) is 0 Å². The Morgan fingerprint density at radius 1 is 1.26 bits per heavy atom. The van der Waals surface area contributed by atoms with E-state index in [-0.39, 0.29) is 0 Å². The second-order valence-electron chi connectivity index (χ2n) is 5.50. The van der Waals surface area contributed by atoms with Gasteiger partial charge in [0.15, 0.2) is 0 Å². The van der Waals surface area contributed by atoms with Crippen LogP contribution >= 0.6 is 0 Å². The van der Waals surface area contributed by atoms with Crippen LogP contribution in [0.4, 0.5) is 0 Å². The maximum absolute atomic E-state index is 5.81. The maximum atomic E-state index is 5.81. The Labute approximate surface area is 137 Å². The molecule has 2 aliphatic carbocycles. The number of hydrogen-bond donors (Lipinski definition) is 1. The molecule has 0 saturated carbocycles. The maximum Gasteiger partial charge on any atom is 0.120 e. The first kappa shape index (κ1) is 15.6. The molecule has 4 heteroatoms. The van der Waals surface area contributed by atoms with E-state index in [1.165, 1.54) is 16.7 Å². The average Bonchev–Trinajstić information content (AvgIpc) is 2.89. The van der Waals surface area contributed by atoms with Crippen molar-refractivity contribution in [3.8, 4) is 5.75 Å². The van der Waals surface area contributed by atoms with Crippen molar-refractivity contribution >= 4 is 11.3 Å². The SMILES string of the molecule is CNC/C=C\COc1ccc2c(c1)/C(=N\OC)C1=C2C=CCC1. The number of hydrogen-bond acceptors (Lipinski definition) is 4. The fourth-order valence-corrected chi connectivity index (χ4v) is 2.98. The van der Waals surface area contributed by atoms with Crippen LogP contribution in [0.3, 0.4) is 0 Å². The van der Waals surface area contributed by atoms with Crippen molar-refractivity contribution in [2.24, 2.45) is 5.16 Å². The fourth-order valence-electron chi connectivity index (χ4n) is 2.98. The van der Waals surface area contributed by atoms with Crippen LogP contribution in [0.5, 0.6) is 5.75 Å². The molecule has 0 saturated heterocycles. The molecule has 120 valence electrons. The van der Waals surface area contributed by atoms with Gasteiger partial charge in [0, 0.05) is 12.1 Å². The number of nitrogens with one attached hydrogen (secondary N) is 1. The zero-order valence-corrected chi connectivity index (χ0v) is 13.6. The minimum absolute atomic E-state index is 0.560. The molecule has 0 fully saturated rings. The van der Waals surface area contributed by atoms with Crippen LogP contribution in [0.25, 0.3) is 5.57 Å². The highest BCUT2D eigenvalue weighted by Crippen LogP contribution is 2.40. The van der Waals surface area contributed by atoms with Gasteiger partial charge in [-0.3, -0.25) is 0 Å². The number of nitrogens with zero attached hydrogens (tertiary/aromatic N) is 1. The molecule has 0 heterocycles. The minimum atomic E-state index is 0.560. The predicted molar refractivity (Wildman–Crippen MR) is 93.8 cm³/mol. The van der Waals surface area contributed by atoms with Gasteiger partial charge in [-0.2, -0.15) is 0 Å². The lowest BCUT2D eigenvalue weighted by atomic mass is 9.97. The summed E-state index contributed by atoms with van der Waals surface area (Å²) in [7, 11) is 3.52. The molecule has 1 aromatic rings. The molecular weight excluding hydrogens is 288 g/mol. The Morgan fingerprint density at radius 2 is 2.17 bits per heavy atom. The number of fused-ring (bicyclic) bond motifs is 2. The Bertz CT molecular complexity index is 699. The Kier molecular flexibility index (Phi) is 4.93. The zero-order chi connectivity index (χ0) is 16.1. The van der Waals surface area contributed by atoms with Gasteiger partial charge < -0.3 is 14.9 Å². The van der Waals surface area contributed by atoms with E-state index in [0.717, 1.165) is 36.4 Å². The Balaban J connectivity index is 1.83. The molecule has 23 heavy (non-hydrogen) atoms. The number of rotatable bonds is 6. The first-order chi connectivity index (χ1) is 11.3. The van der Waals surface area contributed by atoms with E-state index in [1.54, 1.807) is 7.11 Å². The van der Waals surface area contributed by atoms with Crippen LogP contribution in [0.1, 0.15) is 24.0 Å². The van der Waals surface area contributed by atoms with Gasteiger partial charge in [0.05, 0.1) is 0 Å². The van der Waals surface area contributed by atoms with Crippen molar-refractivity contribution in [2.75, 3.05) is 27.3 Å². The molecule has 0 amide bonds. The van der Waals surface area contributed by atoms with Crippen molar-refractivity contribution in [3.05, 3.63) is 59.2 Å². The molecule has 0 aliphatic heterocycles. The third-order valence-corrected chi connectivity index (χ3v) is 4.01. The smallest absolute Gasteiger partial charge is 0.120 e. The largest absolute Gasteiger partial charge is 0.490 e. The van der Waals surface area contributed by atoms with Crippen molar-refractivity contribution in [1.82, 2.24) is 5.32 Å². The molecule has 0 unspecified atom stereocenters. The van der Waals surface area contributed by atoms with Crippen LogP contribution < -0.4 is 10.1 Å². The first-order valence-corrected chi connectivity index (χ1v) is 7.93. The molecule has 0 radical (unpaired) electrons. The fraction of sp³-hybridized carbons (Fsp3) is 0.316. The van der Waals surface area contributed by atoms with E-state index < -0.39 is 0 Å². The third kappa shape index (κ3) is 3.22. The van der Waals surface area contributed by atoms with Crippen molar-refractivity contribution in [2.45, 2.75) is 12.8 Å². The molecule has 0 bridgehead atoms.